The maximum Gasteiger partial charge on any atom is 0.330 e. The Bertz CT molecular complexity index is 1080. The van der Waals surface area contributed by atoms with Crippen molar-refractivity contribution in [1.82, 2.24) is 23.8 Å². The van der Waals surface area contributed by atoms with Gasteiger partial charge in [0.15, 0.2) is 0 Å². The Hall–Kier alpha value is -2.93. The van der Waals surface area contributed by atoms with Crippen molar-refractivity contribution < 1.29 is 0 Å². The van der Waals surface area contributed by atoms with Crippen LogP contribution in [0.3, 0.4) is 0 Å². The fourth-order valence-electron chi connectivity index (χ4n) is 3.26. The fourth-order valence-corrected chi connectivity index (χ4v) is 3.26. The molecule has 0 radical (unpaired) electrons. The summed E-state index contributed by atoms with van der Waals surface area (Å²) in [5.41, 5.74) is 4.33. The average molecular weight is 367 g/mol. The van der Waals surface area contributed by atoms with Crippen LogP contribution in [0.2, 0.25) is 0 Å². The summed E-state index contributed by atoms with van der Waals surface area (Å²) in [4.78, 5) is 26.1. The van der Waals surface area contributed by atoms with Crippen LogP contribution in [0.5, 0.6) is 0 Å². The molecule has 0 saturated heterocycles. The van der Waals surface area contributed by atoms with Gasteiger partial charge in [0.2, 0.25) is 0 Å². The second kappa shape index (κ2) is 7.36. The lowest BCUT2D eigenvalue weighted by Gasteiger charge is -2.19. The number of rotatable bonds is 5. The molecule has 0 fully saturated rings. The zero-order valence-electron chi connectivity index (χ0n) is 16.4. The molecule has 0 saturated carbocycles. The van der Waals surface area contributed by atoms with Crippen molar-refractivity contribution in [3.05, 3.63) is 79.9 Å². The lowest BCUT2D eigenvalue weighted by atomic mass is 10.2. The second-order valence-electron chi connectivity index (χ2n) is 6.94. The quantitative estimate of drug-likeness (QED) is 0.686. The summed E-state index contributed by atoms with van der Waals surface area (Å²) in [6.45, 7) is 5.24. The van der Waals surface area contributed by atoms with Crippen LogP contribution >= 0.6 is 0 Å². The maximum atomic E-state index is 12.1. The van der Waals surface area contributed by atoms with Gasteiger partial charge in [-0.3, -0.25) is 18.8 Å². The Kier molecular flexibility index (Phi) is 5.14. The number of hydrogen-bond donors (Lipinski definition) is 0. The first-order valence-electron chi connectivity index (χ1n) is 8.84. The van der Waals surface area contributed by atoms with Gasteiger partial charge in [0.05, 0.1) is 11.4 Å². The lowest BCUT2D eigenvalue weighted by molar-refractivity contribution is 0.307. The molecule has 0 aliphatic carbocycles. The van der Waals surface area contributed by atoms with Crippen LogP contribution < -0.4 is 11.2 Å². The molecule has 0 N–H and O–H groups in total. The molecular formula is C20H25N5O2. The molecule has 0 bridgehead atoms. The van der Waals surface area contributed by atoms with Gasteiger partial charge in [0.25, 0.3) is 5.56 Å². The summed E-state index contributed by atoms with van der Waals surface area (Å²) in [5.74, 6) is 0. The van der Waals surface area contributed by atoms with E-state index in [0.29, 0.717) is 18.8 Å². The number of hydrogen-bond acceptors (Lipinski definition) is 4. The van der Waals surface area contributed by atoms with E-state index in [-0.39, 0.29) is 11.2 Å². The largest absolute Gasteiger partial charge is 0.330 e. The van der Waals surface area contributed by atoms with Crippen molar-refractivity contribution in [2.45, 2.75) is 26.9 Å². The first-order valence-corrected chi connectivity index (χ1v) is 8.84. The number of nitrogens with zero attached hydrogens (tertiary/aromatic N) is 5. The first kappa shape index (κ1) is 18.8. The summed E-state index contributed by atoms with van der Waals surface area (Å²) in [6, 6.07) is 11.6. The highest BCUT2D eigenvalue weighted by atomic mass is 16.2. The molecule has 142 valence electrons. The third kappa shape index (κ3) is 3.64. The molecule has 7 nitrogen and oxygen atoms in total. The van der Waals surface area contributed by atoms with Crippen molar-refractivity contribution in [1.29, 1.82) is 0 Å². The van der Waals surface area contributed by atoms with E-state index >= 15 is 0 Å². The summed E-state index contributed by atoms with van der Waals surface area (Å²) in [6.07, 6.45) is 0. The van der Waals surface area contributed by atoms with Gasteiger partial charge in [-0.25, -0.2) is 9.48 Å². The van der Waals surface area contributed by atoms with Crippen LogP contribution in [0, 0.1) is 13.8 Å². The molecule has 0 spiro atoms. The minimum Gasteiger partial charge on any atom is -0.299 e. The molecule has 0 aliphatic heterocycles. The lowest BCUT2D eigenvalue weighted by Crippen LogP contribution is -2.39. The fraction of sp³-hybridized carbons (Fsp3) is 0.350. The minimum atomic E-state index is -0.310. The van der Waals surface area contributed by atoms with Crippen LogP contribution in [0.4, 0.5) is 0 Å². The van der Waals surface area contributed by atoms with E-state index in [4.69, 9.17) is 0 Å². The second-order valence-corrected chi connectivity index (χ2v) is 6.94. The van der Waals surface area contributed by atoms with Gasteiger partial charge in [0.1, 0.15) is 0 Å². The van der Waals surface area contributed by atoms with Gasteiger partial charge in [-0.1, -0.05) is 18.2 Å². The standard InChI is InChI=1S/C20H25N5O2/c1-14-18(15(2)25(21-14)16-9-7-6-8-10-16)13-22(3)12-17-11-19(26)24(5)20(27)23(17)4/h6-11H,12-13H2,1-5H3. The van der Waals surface area contributed by atoms with Crippen LogP contribution in [0.15, 0.2) is 46.0 Å². The molecule has 7 heteroatoms. The highest BCUT2D eigenvalue weighted by molar-refractivity contribution is 5.36. The van der Waals surface area contributed by atoms with Crippen molar-refractivity contribution in [2.75, 3.05) is 7.05 Å². The molecule has 2 heterocycles. The molecule has 1 aromatic carbocycles. The number of para-hydroxylation sites is 1. The van der Waals surface area contributed by atoms with Gasteiger partial charge < -0.3 is 0 Å². The molecule has 0 aliphatic rings. The van der Waals surface area contributed by atoms with Crippen molar-refractivity contribution >= 4 is 0 Å². The Morgan fingerprint density at radius 1 is 1.00 bits per heavy atom. The zero-order chi connectivity index (χ0) is 19.7. The van der Waals surface area contributed by atoms with E-state index in [1.165, 1.54) is 17.7 Å². The van der Waals surface area contributed by atoms with E-state index in [1.807, 2.05) is 49.0 Å². The SMILES string of the molecule is Cc1nn(-c2ccccc2)c(C)c1CN(C)Cc1cc(=O)n(C)c(=O)n1C. The molecule has 2 aromatic heterocycles. The van der Waals surface area contributed by atoms with Gasteiger partial charge in [-0.15, -0.1) is 0 Å². The van der Waals surface area contributed by atoms with E-state index < -0.39 is 0 Å². The van der Waals surface area contributed by atoms with Gasteiger partial charge in [-0.2, -0.15) is 5.10 Å². The van der Waals surface area contributed by atoms with E-state index in [1.54, 1.807) is 7.05 Å². The highest BCUT2D eigenvalue weighted by Gasteiger charge is 2.16. The molecule has 3 rings (SSSR count). The maximum absolute atomic E-state index is 12.1. The normalized spacial score (nSPS) is 11.3. The molecule has 0 amide bonds. The van der Waals surface area contributed by atoms with Crippen LogP contribution in [0.25, 0.3) is 5.69 Å². The van der Waals surface area contributed by atoms with E-state index in [9.17, 15) is 9.59 Å². The zero-order valence-corrected chi connectivity index (χ0v) is 16.4. The molecule has 27 heavy (non-hydrogen) atoms. The Morgan fingerprint density at radius 2 is 1.67 bits per heavy atom. The minimum absolute atomic E-state index is 0.286. The predicted molar refractivity (Wildman–Crippen MR) is 105 cm³/mol. The predicted octanol–water partition coefficient (Wildman–Crippen LogP) is 1.52. The van der Waals surface area contributed by atoms with E-state index in [0.717, 1.165) is 27.2 Å². The van der Waals surface area contributed by atoms with Gasteiger partial charge in [0, 0.05) is 50.2 Å². The third-order valence-corrected chi connectivity index (χ3v) is 4.93. The van der Waals surface area contributed by atoms with Crippen LogP contribution in [-0.2, 0) is 27.2 Å². The monoisotopic (exact) mass is 367 g/mol. The summed E-state index contributed by atoms with van der Waals surface area (Å²) < 4.78 is 4.58. The number of aromatic nitrogens is 4. The van der Waals surface area contributed by atoms with Crippen LogP contribution in [0.1, 0.15) is 22.6 Å². The molecular weight excluding hydrogens is 342 g/mol. The van der Waals surface area contributed by atoms with Gasteiger partial charge >= 0.3 is 5.69 Å². The van der Waals surface area contributed by atoms with Crippen molar-refractivity contribution in [3.8, 4) is 5.69 Å². The summed E-state index contributed by atoms with van der Waals surface area (Å²) in [5, 5.41) is 4.68. The molecule has 3 aromatic rings. The highest BCUT2D eigenvalue weighted by Crippen LogP contribution is 2.19. The topological polar surface area (TPSA) is 65.1 Å². The summed E-state index contributed by atoms with van der Waals surface area (Å²) in [7, 11) is 5.15. The Morgan fingerprint density at radius 3 is 2.33 bits per heavy atom. The Labute approximate surface area is 158 Å². The van der Waals surface area contributed by atoms with E-state index in [2.05, 4.69) is 16.9 Å². The van der Waals surface area contributed by atoms with Gasteiger partial charge in [-0.05, 0) is 33.0 Å². The van der Waals surface area contributed by atoms with Crippen molar-refractivity contribution in [2.24, 2.45) is 14.1 Å². The number of aryl methyl sites for hydroxylation is 1. The van der Waals surface area contributed by atoms with Crippen molar-refractivity contribution in [3.63, 3.8) is 0 Å². The smallest absolute Gasteiger partial charge is 0.299 e. The molecule has 0 atom stereocenters. The first-order chi connectivity index (χ1) is 12.8. The third-order valence-electron chi connectivity index (χ3n) is 4.93. The van der Waals surface area contributed by atoms with Crippen LogP contribution in [-0.4, -0.2) is 30.9 Å². The molecule has 0 unspecified atom stereocenters. The Balaban J connectivity index is 1.86. The number of benzene rings is 1. The summed E-state index contributed by atoms with van der Waals surface area (Å²) >= 11 is 0. The average Bonchev–Trinajstić information content (AvgIpc) is 2.93.